The van der Waals surface area contributed by atoms with Crippen molar-refractivity contribution in [1.82, 2.24) is 9.80 Å². The summed E-state index contributed by atoms with van der Waals surface area (Å²) < 4.78 is 42.9. The van der Waals surface area contributed by atoms with Crippen LogP contribution >= 0.6 is 0 Å². The molecular formula is C26H33FN2O4S. The predicted molar refractivity (Wildman–Crippen MR) is 129 cm³/mol. The summed E-state index contributed by atoms with van der Waals surface area (Å²) in [6.45, 7) is 3.40. The van der Waals surface area contributed by atoms with Crippen molar-refractivity contribution in [2.45, 2.75) is 55.6 Å². The fourth-order valence-corrected chi connectivity index (χ4v) is 5.50. The molecule has 0 aromatic heterocycles. The quantitative estimate of drug-likeness (QED) is 0.595. The summed E-state index contributed by atoms with van der Waals surface area (Å²) in [6, 6.07) is 13.8. The third-order valence-corrected chi connectivity index (χ3v) is 8.05. The molecule has 0 spiro atoms. The maximum absolute atomic E-state index is 13.8. The van der Waals surface area contributed by atoms with Crippen molar-refractivity contribution in [1.29, 1.82) is 0 Å². The zero-order valence-electron chi connectivity index (χ0n) is 19.7. The first-order valence-corrected chi connectivity index (χ1v) is 13.9. The summed E-state index contributed by atoms with van der Waals surface area (Å²) in [5.74, 6) is 0.176. The van der Waals surface area contributed by atoms with Crippen molar-refractivity contribution in [3.05, 3.63) is 59.9 Å². The smallest absolute Gasteiger partial charge is 0.222 e. The van der Waals surface area contributed by atoms with Gasteiger partial charge < -0.3 is 9.64 Å². The molecule has 2 saturated heterocycles. The average molecular weight is 489 g/mol. The van der Waals surface area contributed by atoms with Gasteiger partial charge in [-0.3, -0.25) is 9.69 Å². The summed E-state index contributed by atoms with van der Waals surface area (Å²) in [5.41, 5.74) is 0.969. The lowest BCUT2D eigenvalue weighted by Gasteiger charge is -2.41. The summed E-state index contributed by atoms with van der Waals surface area (Å²) in [6.07, 6.45) is 5.97. The molecule has 0 bridgehead atoms. The highest BCUT2D eigenvalue weighted by Crippen LogP contribution is 2.25. The summed E-state index contributed by atoms with van der Waals surface area (Å²) in [5, 5.41) is 0. The SMILES string of the molecule is CS(=O)(=O)c1ccc(CCC(=O)N2CCC(N3CCC(Oc4ccccc4F)CC3)CC2)cc1. The minimum Gasteiger partial charge on any atom is -0.487 e. The Kier molecular flexibility index (Phi) is 7.88. The first-order valence-electron chi connectivity index (χ1n) is 12.0. The second kappa shape index (κ2) is 10.9. The van der Waals surface area contributed by atoms with Crippen LogP contribution in [0.2, 0.25) is 0 Å². The number of ether oxygens (including phenoxy) is 1. The maximum atomic E-state index is 13.8. The minimum absolute atomic E-state index is 0.0429. The van der Waals surface area contributed by atoms with Crippen molar-refractivity contribution in [2.75, 3.05) is 32.4 Å². The fourth-order valence-electron chi connectivity index (χ4n) is 4.87. The number of carbonyl (C=O) groups is 1. The largest absolute Gasteiger partial charge is 0.487 e. The lowest BCUT2D eigenvalue weighted by atomic mass is 9.98. The Morgan fingerprint density at radius 1 is 0.971 bits per heavy atom. The molecule has 0 radical (unpaired) electrons. The van der Waals surface area contributed by atoms with E-state index in [2.05, 4.69) is 4.90 Å². The number of rotatable bonds is 7. The van der Waals surface area contributed by atoms with Crippen molar-refractivity contribution < 1.29 is 22.3 Å². The summed E-state index contributed by atoms with van der Waals surface area (Å²) in [7, 11) is -3.20. The van der Waals surface area contributed by atoms with Crippen molar-refractivity contribution in [3.8, 4) is 5.75 Å². The highest BCUT2D eigenvalue weighted by molar-refractivity contribution is 7.90. The highest BCUT2D eigenvalue weighted by atomic mass is 32.2. The molecule has 0 saturated carbocycles. The molecular weight excluding hydrogens is 455 g/mol. The Morgan fingerprint density at radius 3 is 2.24 bits per heavy atom. The number of hydrogen-bond acceptors (Lipinski definition) is 5. The molecule has 2 aliphatic rings. The van der Waals surface area contributed by atoms with E-state index in [4.69, 9.17) is 4.74 Å². The van der Waals surface area contributed by atoms with Gasteiger partial charge in [-0.2, -0.15) is 0 Å². The van der Waals surface area contributed by atoms with Crippen molar-refractivity contribution >= 4 is 15.7 Å². The van der Waals surface area contributed by atoms with Gasteiger partial charge >= 0.3 is 0 Å². The third-order valence-electron chi connectivity index (χ3n) is 6.92. The number of sulfone groups is 1. The second-order valence-electron chi connectivity index (χ2n) is 9.31. The van der Waals surface area contributed by atoms with Crippen LogP contribution in [0.3, 0.4) is 0 Å². The van der Waals surface area contributed by atoms with E-state index < -0.39 is 9.84 Å². The summed E-state index contributed by atoms with van der Waals surface area (Å²) in [4.78, 5) is 17.4. The fraction of sp³-hybridized carbons (Fsp3) is 0.500. The Morgan fingerprint density at radius 2 is 1.62 bits per heavy atom. The Hall–Kier alpha value is -2.45. The number of hydrogen-bond donors (Lipinski definition) is 0. The lowest BCUT2D eigenvalue weighted by molar-refractivity contribution is -0.132. The monoisotopic (exact) mass is 488 g/mol. The van der Waals surface area contributed by atoms with Crippen LogP contribution in [-0.2, 0) is 21.1 Å². The zero-order chi connectivity index (χ0) is 24.1. The number of carbonyl (C=O) groups excluding carboxylic acids is 1. The van der Waals surface area contributed by atoms with E-state index in [1.165, 1.54) is 12.3 Å². The van der Waals surface area contributed by atoms with Crippen molar-refractivity contribution in [3.63, 3.8) is 0 Å². The van der Waals surface area contributed by atoms with E-state index in [-0.39, 0.29) is 17.8 Å². The number of piperidine rings is 2. The normalized spacial score (nSPS) is 18.7. The molecule has 0 N–H and O–H groups in total. The molecule has 8 heteroatoms. The van der Waals surface area contributed by atoms with Gasteiger partial charge in [0.25, 0.3) is 0 Å². The molecule has 184 valence electrons. The molecule has 2 fully saturated rings. The highest BCUT2D eigenvalue weighted by Gasteiger charge is 2.30. The standard InChI is InChI=1S/C26H33FN2O4S/c1-34(31,32)23-9-6-20(7-10-23)8-11-26(30)29-16-12-21(13-17-29)28-18-14-22(15-19-28)33-25-5-3-2-4-24(25)27/h2-7,9-10,21-22H,8,11-19H2,1H3. The molecule has 34 heavy (non-hydrogen) atoms. The lowest BCUT2D eigenvalue weighted by Crippen LogP contribution is -2.50. The van der Waals surface area contributed by atoms with Crippen LogP contribution in [0.15, 0.2) is 53.4 Å². The molecule has 0 atom stereocenters. The molecule has 2 aromatic rings. The number of benzene rings is 2. The van der Waals surface area contributed by atoms with E-state index >= 15 is 0 Å². The van der Waals surface area contributed by atoms with E-state index in [1.54, 1.807) is 42.5 Å². The van der Waals surface area contributed by atoms with Gasteiger partial charge in [0.1, 0.15) is 6.10 Å². The molecule has 0 unspecified atom stereocenters. The first-order chi connectivity index (χ1) is 16.3. The van der Waals surface area contributed by atoms with Crippen LogP contribution in [0.25, 0.3) is 0 Å². The molecule has 2 aromatic carbocycles. The van der Waals surface area contributed by atoms with Crippen LogP contribution in [0.4, 0.5) is 4.39 Å². The van der Waals surface area contributed by atoms with E-state index in [0.717, 1.165) is 57.4 Å². The van der Waals surface area contributed by atoms with E-state index in [9.17, 15) is 17.6 Å². The maximum Gasteiger partial charge on any atom is 0.222 e. The van der Waals surface area contributed by atoms with Gasteiger partial charge in [0.2, 0.25) is 5.91 Å². The predicted octanol–water partition coefficient (Wildman–Crippen LogP) is 3.70. The van der Waals surface area contributed by atoms with Crippen LogP contribution in [0.5, 0.6) is 5.75 Å². The van der Waals surface area contributed by atoms with E-state index in [0.29, 0.717) is 29.5 Å². The van der Waals surface area contributed by atoms with Gasteiger partial charge in [0.15, 0.2) is 21.4 Å². The van der Waals surface area contributed by atoms with Gasteiger partial charge in [-0.05, 0) is 61.9 Å². The molecule has 6 nitrogen and oxygen atoms in total. The number of para-hydroxylation sites is 1. The van der Waals surface area contributed by atoms with Gasteiger partial charge in [0, 0.05) is 44.9 Å². The van der Waals surface area contributed by atoms with Gasteiger partial charge in [0.05, 0.1) is 4.90 Å². The Bertz CT molecular complexity index is 1070. The van der Waals surface area contributed by atoms with Crippen LogP contribution in [0, 0.1) is 5.82 Å². The third kappa shape index (κ3) is 6.36. The molecule has 0 aliphatic carbocycles. The van der Waals surface area contributed by atoms with Crippen molar-refractivity contribution in [2.24, 2.45) is 0 Å². The van der Waals surface area contributed by atoms with Crippen LogP contribution < -0.4 is 4.74 Å². The Balaban J connectivity index is 1.18. The average Bonchev–Trinajstić information content (AvgIpc) is 2.84. The number of likely N-dealkylation sites (tertiary alicyclic amines) is 2. The topological polar surface area (TPSA) is 66.9 Å². The molecule has 1 amide bonds. The number of halogens is 1. The minimum atomic E-state index is -3.20. The van der Waals surface area contributed by atoms with Gasteiger partial charge in [-0.1, -0.05) is 24.3 Å². The molecule has 2 heterocycles. The van der Waals surface area contributed by atoms with Gasteiger partial charge in [-0.15, -0.1) is 0 Å². The van der Waals surface area contributed by atoms with E-state index in [1.807, 2.05) is 4.90 Å². The Labute approximate surface area is 201 Å². The number of aryl methyl sites for hydroxylation is 1. The molecule has 2 aliphatic heterocycles. The molecule has 4 rings (SSSR count). The first kappa shape index (κ1) is 24.7. The van der Waals surface area contributed by atoms with Crippen LogP contribution in [-0.4, -0.2) is 68.7 Å². The van der Waals surface area contributed by atoms with Gasteiger partial charge in [-0.25, -0.2) is 12.8 Å². The summed E-state index contributed by atoms with van der Waals surface area (Å²) >= 11 is 0. The number of nitrogens with zero attached hydrogens (tertiary/aromatic N) is 2. The zero-order valence-corrected chi connectivity index (χ0v) is 20.5. The second-order valence-corrected chi connectivity index (χ2v) is 11.3. The van der Waals surface area contributed by atoms with Crippen LogP contribution in [0.1, 0.15) is 37.7 Å². The number of amides is 1.